The molecular formula is C12H9ClN2S. The Morgan fingerprint density at radius 3 is 3.12 bits per heavy atom. The lowest BCUT2D eigenvalue weighted by Gasteiger charge is -2.00. The van der Waals surface area contributed by atoms with Crippen molar-refractivity contribution < 1.29 is 0 Å². The molecule has 0 radical (unpaired) electrons. The van der Waals surface area contributed by atoms with E-state index in [9.17, 15) is 0 Å². The molecule has 3 aromatic rings. The lowest BCUT2D eigenvalue weighted by Crippen LogP contribution is -1.98. The van der Waals surface area contributed by atoms with Gasteiger partial charge in [-0.3, -0.25) is 4.68 Å². The van der Waals surface area contributed by atoms with Crippen LogP contribution in [0, 0.1) is 0 Å². The topological polar surface area (TPSA) is 17.8 Å². The lowest BCUT2D eigenvalue weighted by molar-refractivity contribution is 0.691. The first-order chi connectivity index (χ1) is 7.83. The second-order valence-electron chi connectivity index (χ2n) is 3.61. The third kappa shape index (κ3) is 1.72. The summed E-state index contributed by atoms with van der Waals surface area (Å²) >= 11 is 7.76. The van der Waals surface area contributed by atoms with E-state index in [0.717, 1.165) is 11.6 Å². The SMILES string of the molecule is Clc1ccc2scc(Cn3cccn3)c2c1. The fourth-order valence-electron chi connectivity index (χ4n) is 1.74. The fraction of sp³-hybridized carbons (Fsp3) is 0.0833. The van der Waals surface area contributed by atoms with E-state index in [2.05, 4.69) is 16.5 Å². The zero-order valence-corrected chi connectivity index (χ0v) is 10.0. The van der Waals surface area contributed by atoms with Gasteiger partial charge in [0.25, 0.3) is 0 Å². The van der Waals surface area contributed by atoms with Crippen LogP contribution in [0.1, 0.15) is 5.56 Å². The average molecular weight is 249 g/mol. The van der Waals surface area contributed by atoms with Gasteiger partial charge in [0.05, 0.1) is 6.54 Å². The molecule has 0 aliphatic carbocycles. The molecule has 0 fully saturated rings. The first-order valence-corrected chi connectivity index (χ1v) is 6.22. The lowest BCUT2D eigenvalue weighted by atomic mass is 10.2. The van der Waals surface area contributed by atoms with Crippen LogP contribution in [0.5, 0.6) is 0 Å². The number of thiophene rings is 1. The van der Waals surface area contributed by atoms with Gasteiger partial charge in [-0.05, 0) is 40.6 Å². The highest BCUT2D eigenvalue weighted by atomic mass is 35.5. The van der Waals surface area contributed by atoms with Gasteiger partial charge < -0.3 is 0 Å². The maximum absolute atomic E-state index is 6.01. The molecule has 3 rings (SSSR count). The summed E-state index contributed by atoms with van der Waals surface area (Å²) in [5.74, 6) is 0. The zero-order chi connectivity index (χ0) is 11.0. The molecule has 0 unspecified atom stereocenters. The molecule has 0 spiro atoms. The molecule has 2 heterocycles. The number of rotatable bonds is 2. The van der Waals surface area contributed by atoms with Crippen molar-refractivity contribution in [2.24, 2.45) is 0 Å². The molecule has 0 saturated carbocycles. The zero-order valence-electron chi connectivity index (χ0n) is 8.43. The average Bonchev–Trinajstić information content (AvgIpc) is 2.90. The van der Waals surface area contributed by atoms with E-state index in [4.69, 9.17) is 11.6 Å². The van der Waals surface area contributed by atoms with E-state index in [0.29, 0.717) is 0 Å². The maximum Gasteiger partial charge on any atom is 0.0673 e. The number of aromatic nitrogens is 2. The molecule has 0 atom stereocenters. The van der Waals surface area contributed by atoms with Crippen molar-refractivity contribution in [2.45, 2.75) is 6.54 Å². The van der Waals surface area contributed by atoms with Crippen LogP contribution in [0.15, 0.2) is 42.0 Å². The van der Waals surface area contributed by atoms with Crippen LogP contribution < -0.4 is 0 Å². The minimum Gasteiger partial charge on any atom is -0.268 e. The maximum atomic E-state index is 6.01. The molecule has 2 aromatic heterocycles. The van der Waals surface area contributed by atoms with E-state index < -0.39 is 0 Å². The van der Waals surface area contributed by atoms with Crippen molar-refractivity contribution in [3.63, 3.8) is 0 Å². The van der Waals surface area contributed by atoms with Crippen molar-refractivity contribution in [2.75, 3.05) is 0 Å². The molecule has 0 bridgehead atoms. The number of hydrogen-bond donors (Lipinski definition) is 0. The smallest absolute Gasteiger partial charge is 0.0673 e. The van der Waals surface area contributed by atoms with Gasteiger partial charge in [-0.15, -0.1) is 11.3 Å². The van der Waals surface area contributed by atoms with Gasteiger partial charge in [-0.1, -0.05) is 11.6 Å². The third-order valence-corrected chi connectivity index (χ3v) is 3.75. The summed E-state index contributed by atoms with van der Waals surface area (Å²) in [5, 5.41) is 8.39. The molecule has 2 nitrogen and oxygen atoms in total. The van der Waals surface area contributed by atoms with Crippen LogP contribution in [-0.4, -0.2) is 9.78 Å². The molecule has 0 aliphatic heterocycles. The first-order valence-electron chi connectivity index (χ1n) is 4.96. The van der Waals surface area contributed by atoms with Gasteiger partial charge in [0.2, 0.25) is 0 Å². The van der Waals surface area contributed by atoms with Gasteiger partial charge in [-0.2, -0.15) is 5.10 Å². The largest absolute Gasteiger partial charge is 0.268 e. The minimum atomic E-state index is 0.785. The van der Waals surface area contributed by atoms with Crippen molar-refractivity contribution in [3.8, 4) is 0 Å². The van der Waals surface area contributed by atoms with Gasteiger partial charge >= 0.3 is 0 Å². The molecular weight excluding hydrogens is 240 g/mol. The molecule has 0 N–H and O–H groups in total. The summed E-state index contributed by atoms with van der Waals surface area (Å²) in [6, 6.07) is 7.95. The van der Waals surface area contributed by atoms with Gasteiger partial charge in [-0.25, -0.2) is 0 Å². The summed E-state index contributed by atoms with van der Waals surface area (Å²) in [4.78, 5) is 0. The fourth-order valence-corrected chi connectivity index (χ4v) is 2.85. The van der Waals surface area contributed by atoms with Crippen LogP contribution in [0.4, 0.5) is 0 Å². The molecule has 80 valence electrons. The Morgan fingerprint density at radius 1 is 1.38 bits per heavy atom. The highest BCUT2D eigenvalue weighted by Gasteiger charge is 2.05. The van der Waals surface area contributed by atoms with Gasteiger partial charge in [0.1, 0.15) is 0 Å². The summed E-state index contributed by atoms with van der Waals surface area (Å²) in [6.45, 7) is 0.799. The number of hydrogen-bond acceptors (Lipinski definition) is 2. The Labute approximate surface area is 102 Å². The standard InChI is InChI=1S/C12H9ClN2S/c13-10-2-3-12-11(6-10)9(8-16-12)7-15-5-1-4-14-15/h1-6,8H,7H2. The second kappa shape index (κ2) is 3.92. The summed E-state index contributed by atoms with van der Waals surface area (Å²) < 4.78 is 3.19. The molecule has 0 saturated heterocycles. The monoisotopic (exact) mass is 248 g/mol. The van der Waals surface area contributed by atoms with Crippen molar-refractivity contribution >= 4 is 33.0 Å². The minimum absolute atomic E-state index is 0.785. The van der Waals surface area contributed by atoms with Gasteiger partial charge in [0.15, 0.2) is 0 Å². The summed E-state index contributed by atoms with van der Waals surface area (Å²) in [7, 11) is 0. The summed E-state index contributed by atoms with van der Waals surface area (Å²) in [5.41, 5.74) is 1.27. The number of benzene rings is 1. The Bertz CT molecular complexity index is 613. The molecule has 16 heavy (non-hydrogen) atoms. The number of nitrogens with zero attached hydrogens (tertiary/aromatic N) is 2. The van der Waals surface area contributed by atoms with Crippen LogP contribution in [-0.2, 0) is 6.54 Å². The Hall–Kier alpha value is -1.32. The highest BCUT2D eigenvalue weighted by molar-refractivity contribution is 7.17. The summed E-state index contributed by atoms with van der Waals surface area (Å²) in [6.07, 6.45) is 3.76. The molecule has 0 aliphatic rings. The molecule has 1 aromatic carbocycles. The molecule has 4 heteroatoms. The number of fused-ring (bicyclic) bond motifs is 1. The van der Waals surface area contributed by atoms with Crippen molar-refractivity contribution in [1.29, 1.82) is 0 Å². The van der Waals surface area contributed by atoms with E-state index in [1.165, 1.54) is 15.6 Å². The Balaban J connectivity index is 2.07. The van der Waals surface area contributed by atoms with E-state index in [1.807, 2.05) is 29.1 Å². The predicted octanol–water partition coefficient (Wildman–Crippen LogP) is 3.80. The quantitative estimate of drug-likeness (QED) is 0.675. The Kier molecular flexibility index (Phi) is 2.42. The van der Waals surface area contributed by atoms with E-state index in [-0.39, 0.29) is 0 Å². The predicted molar refractivity (Wildman–Crippen MR) is 68.2 cm³/mol. The number of halogens is 1. The first kappa shape index (κ1) is 9.87. The van der Waals surface area contributed by atoms with Gasteiger partial charge in [0, 0.05) is 22.1 Å². The van der Waals surface area contributed by atoms with Crippen molar-refractivity contribution in [1.82, 2.24) is 9.78 Å². The Morgan fingerprint density at radius 2 is 2.31 bits per heavy atom. The van der Waals surface area contributed by atoms with Crippen LogP contribution >= 0.6 is 22.9 Å². The van der Waals surface area contributed by atoms with Crippen LogP contribution in [0.3, 0.4) is 0 Å². The normalized spacial score (nSPS) is 11.1. The second-order valence-corrected chi connectivity index (χ2v) is 4.95. The highest BCUT2D eigenvalue weighted by Crippen LogP contribution is 2.28. The van der Waals surface area contributed by atoms with Crippen molar-refractivity contribution in [3.05, 3.63) is 52.6 Å². The third-order valence-electron chi connectivity index (χ3n) is 2.51. The van der Waals surface area contributed by atoms with E-state index in [1.54, 1.807) is 17.5 Å². The van der Waals surface area contributed by atoms with Crippen LogP contribution in [0.2, 0.25) is 5.02 Å². The van der Waals surface area contributed by atoms with E-state index >= 15 is 0 Å². The van der Waals surface area contributed by atoms with Crippen LogP contribution in [0.25, 0.3) is 10.1 Å². The molecule has 0 amide bonds.